The molecule has 1 aromatic carbocycles. The Morgan fingerprint density at radius 1 is 1.04 bits per heavy atom. The highest BCUT2D eigenvalue weighted by Crippen LogP contribution is 2.42. The van der Waals surface area contributed by atoms with Crippen LogP contribution >= 0.6 is 23.2 Å². The summed E-state index contributed by atoms with van der Waals surface area (Å²) in [5, 5.41) is 17.8. The standard InChI is InChI=1S/C39H42Cl2N8O8/c1-39(2,3)57-38(54)46(4)16-17-48-35(51)29-18-23(20-49(29)45-36(48)56-6)33-32(41)26(14-15-42-33)25-8-7-9-27(31(25)40)28-12-10-22(34(44-28)55-5)19-47(37(52)53)21-24-11-13-30(50)43-24/h7-10,12,14-15,18,20,24H,11,13,16-17,19,21H2,1-6H3,(H,43,50)(H,52,53). The van der Waals surface area contributed by atoms with Crippen LogP contribution < -0.4 is 20.3 Å². The molecule has 1 fully saturated rings. The van der Waals surface area contributed by atoms with Crippen molar-refractivity contribution in [3.05, 3.63) is 80.8 Å². The number of halogens is 2. The Bertz CT molecular complexity index is 2410. The first-order valence-electron chi connectivity index (χ1n) is 17.9. The number of amides is 3. The Labute approximate surface area is 337 Å². The van der Waals surface area contributed by atoms with E-state index in [1.165, 1.54) is 33.1 Å². The van der Waals surface area contributed by atoms with Crippen molar-refractivity contribution in [2.45, 2.75) is 58.3 Å². The number of rotatable bonds is 12. The van der Waals surface area contributed by atoms with E-state index in [9.17, 15) is 24.3 Å². The summed E-state index contributed by atoms with van der Waals surface area (Å²) in [4.78, 5) is 61.8. The van der Waals surface area contributed by atoms with Gasteiger partial charge in [0.25, 0.3) is 5.56 Å². The van der Waals surface area contributed by atoms with Crippen LogP contribution in [-0.2, 0) is 22.6 Å². The zero-order chi connectivity index (χ0) is 41.2. The molecule has 16 nitrogen and oxygen atoms in total. The second-order valence-corrected chi connectivity index (χ2v) is 15.2. The molecule has 5 heterocycles. The summed E-state index contributed by atoms with van der Waals surface area (Å²) in [7, 11) is 4.43. The number of ether oxygens (including phenoxy) is 3. The highest BCUT2D eigenvalue weighted by molar-refractivity contribution is 6.39. The smallest absolute Gasteiger partial charge is 0.410 e. The van der Waals surface area contributed by atoms with E-state index in [0.717, 1.165) is 0 Å². The van der Waals surface area contributed by atoms with Gasteiger partial charge in [-0.05, 0) is 51.5 Å². The van der Waals surface area contributed by atoms with Gasteiger partial charge in [-0.15, -0.1) is 5.10 Å². The molecule has 4 aromatic heterocycles. The van der Waals surface area contributed by atoms with Gasteiger partial charge in [-0.3, -0.25) is 19.1 Å². The topological polar surface area (TPSA) is 183 Å². The fourth-order valence-electron chi connectivity index (χ4n) is 6.43. The number of carbonyl (C=O) groups excluding carboxylic acids is 2. The van der Waals surface area contributed by atoms with Crippen molar-refractivity contribution >= 4 is 46.8 Å². The number of aromatic nitrogens is 5. The number of methoxy groups -OCH3 is 2. The Balaban J connectivity index is 1.28. The number of hydrogen-bond donors (Lipinski definition) is 2. The van der Waals surface area contributed by atoms with E-state index in [1.54, 1.807) is 70.5 Å². The van der Waals surface area contributed by atoms with Gasteiger partial charge in [0.1, 0.15) is 11.1 Å². The minimum absolute atomic E-state index is 0.00205. The van der Waals surface area contributed by atoms with E-state index in [0.29, 0.717) is 57.1 Å². The molecular formula is C39H42Cl2N8O8. The molecular weight excluding hydrogens is 779 g/mol. The van der Waals surface area contributed by atoms with Crippen LogP contribution in [0.15, 0.2) is 59.7 Å². The number of pyridine rings is 2. The molecule has 0 bridgehead atoms. The second-order valence-electron chi connectivity index (χ2n) is 14.4. The monoisotopic (exact) mass is 820 g/mol. The number of hydrogen-bond acceptors (Lipinski definition) is 10. The molecule has 1 unspecified atom stereocenters. The number of benzene rings is 1. The van der Waals surface area contributed by atoms with Gasteiger partial charge >= 0.3 is 18.2 Å². The third-order valence-electron chi connectivity index (χ3n) is 9.25. The first-order valence-corrected chi connectivity index (χ1v) is 18.7. The van der Waals surface area contributed by atoms with Crippen LogP contribution in [0.4, 0.5) is 9.59 Å². The van der Waals surface area contributed by atoms with E-state index in [4.69, 9.17) is 37.4 Å². The molecule has 1 aliphatic heterocycles. The lowest BCUT2D eigenvalue weighted by Crippen LogP contribution is -2.41. The fraction of sp³-hybridized carbons (Fsp3) is 0.359. The molecule has 3 amide bonds. The molecule has 5 aromatic rings. The highest BCUT2D eigenvalue weighted by atomic mass is 35.5. The van der Waals surface area contributed by atoms with Crippen LogP contribution in [0.25, 0.3) is 39.2 Å². The molecule has 0 aliphatic carbocycles. The molecule has 1 atom stereocenters. The average Bonchev–Trinajstić information content (AvgIpc) is 3.79. The molecule has 0 spiro atoms. The van der Waals surface area contributed by atoms with Crippen LogP contribution in [0.1, 0.15) is 39.2 Å². The van der Waals surface area contributed by atoms with Crippen molar-refractivity contribution < 1.29 is 33.7 Å². The maximum absolute atomic E-state index is 13.7. The van der Waals surface area contributed by atoms with Gasteiger partial charge in [0.15, 0.2) is 0 Å². The lowest BCUT2D eigenvalue weighted by Gasteiger charge is -2.25. The van der Waals surface area contributed by atoms with Crippen LogP contribution in [0, 0.1) is 0 Å². The van der Waals surface area contributed by atoms with Crippen LogP contribution in [0.5, 0.6) is 11.9 Å². The van der Waals surface area contributed by atoms with Crippen molar-refractivity contribution in [3.63, 3.8) is 0 Å². The Morgan fingerprint density at radius 2 is 1.77 bits per heavy atom. The fourth-order valence-corrected chi connectivity index (χ4v) is 7.08. The normalized spacial score (nSPS) is 14.0. The lowest BCUT2D eigenvalue weighted by atomic mass is 10.00. The van der Waals surface area contributed by atoms with Crippen LogP contribution in [-0.4, -0.2) is 103 Å². The lowest BCUT2D eigenvalue weighted by molar-refractivity contribution is -0.119. The van der Waals surface area contributed by atoms with Crippen molar-refractivity contribution in [1.29, 1.82) is 0 Å². The third kappa shape index (κ3) is 8.92. The Morgan fingerprint density at radius 3 is 2.44 bits per heavy atom. The maximum Gasteiger partial charge on any atom is 0.410 e. The summed E-state index contributed by atoms with van der Waals surface area (Å²) in [6.07, 6.45) is 2.47. The van der Waals surface area contributed by atoms with Crippen molar-refractivity contribution in [3.8, 4) is 45.5 Å². The minimum atomic E-state index is -1.13. The molecule has 0 saturated carbocycles. The summed E-state index contributed by atoms with van der Waals surface area (Å²) in [5.41, 5.74) is 2.78. The predicted octanol–water partition coefficient (Wildman–Crippen LogP) is 6.24. The van der Waals surface area contributed by atoms with E-state index < -0.39 is 23.3 Å². The molecule has 18 heteroatoms. The second kappa shape index (κ2) is 16.7. The molecule has 2 N–H and O–H groups in total. The van der Waals surface area contributed by atoms with Crippen molar-refractivity contribution in [2.24, 2.45) is 0 Å². The van der Waals surface area contributed by atoms with Crippen LogP contribution in [0.3, 0.4) is 0 Å². The Hall–Kier alpha value is -5.87. The number of likely N-dealkylation sites (N-methyl/N-ethyl adjacent to an activating group) is 1. The van der Waals surface area contributed by atoms with Gasteiger partial charge in [-0.2, -0.15) is 0 Å². The maximum atomic E-state index is 13.7. The average molecular weight is 822 g/mol. The van der Waals surface area contributed by atoms with E-state index in [-0.39, 0.29) is 60.6 Å². The third-order valence-corrected chi connectivity index (χ3v) is 10.0. The largest absolute Gasteiger partial charge is 0.481 e. The van der Waals surface area contributed by atoms with Gasteiger partial charge < -0.3 is 34.4 Å². The summed E-state index contributed by atoms with van der Waals surface area (Å²) in [6, 6.07) is 12.0. The molecule has 300 valence electrons. The van der Waals surface area contributed by atoms with E-state index >= 15 is 0 Å². The van der Waals surface area contributed by atoms with Gasteiger partial charge in [-0.1, -0.05) is 41.4 Å². The quantitative estimate of drug-likeness (QED) is 0.145. The molecule has 0 radical (unpaired) electrons. The van der Waals surface area contributed by atoms with Gasteiger partial charge in [0, 0.05) is 79.4 Å². The predicted molar refractivity (Wildman–Crippen MR) is 213 cm³/mol. The van der Waals surface area contributed by atoms with E-state index in [2.05, 4.69) is 20.4 Å². The Kier molecular flexibility index (Phi) is 11.9. The SMILES string of the molecule is COc1nc(-c2cccc(-c3ccnc(-c4cc5c(=O)n(CCN(C)C(=O)OC(C)(C)C)c(OC)nn5c4)c3Cl)c2Cl)ccc1CN(CC1CCC(=O)N1)C(=O)O. The van der Waals surface area contributed by atoms with Gasteiger partial charge in [0.2, 0.25) is 11.8 Å². The number of fused-ring (bicyclic) bond motifs is 1. The number of carboxylic acid groups (broad SMARTS) is 1. The first-order chi connectivity index (χ1) is 27.1. The summed E-state index contributed by atoms with van der Waals surface area (Å²) in [6.45, 7) is 5.70. The van der Waals surface area contributed by atoms with Crippen molar-refractivity contribution in [2.75, 3.05) is 34.4 Å². The zero-order valence-electron chi connectivity index (χ0n) is 32.2. The number of nitrogens with one attached hydrogen (secondary N) is 1. The van der Waals surface area contributed by atoms with Gasteiger partial charge in [-0.25, -0.2) is 19.1 Å². The molecule has 1 aliphatic rings. The van der Waals surface area contributed by atoms with Crippen molar-refractivity contribution in [1.82, 2.24) is 39.3 Å². The van der Waals surface area contributed by atoms with Gasteiger partial charge in [0.05, 0.1) is 42.2 Å². The molecule has 6 rings (SSSR count). The summed E-state index contributed by atoms with van der Waals surface area (Å²) < 4.78 is 19.2. The first kappa shape index (κ1) is 40.8. The minimum Gasteiger partial charge on any atom is -0.481 e. The molecule has 1 saturated heterocycles. The number of carbonyl (C=O) groups is 3. The van der Waals surface area contributed by atoms with Crippen LogP contribution in [0.2, 0.25) is 10.0 Å². The zero-order valence-corrected chi connectivity index (χ0v) is 33.7. The number of nitrogens with zero attached hydrogens (tertiary/aromatic N) is 7. The van der Waals surface area contributed by atoms with E-state index in [1.807, 2.05) is 12.1 Å². The highest BCUT2D eigenvalue weighted by Gasteiger charge is 2.27. The summed E-state index contributed by atoms with van der Waals surface area (Å²) >= 11 is 14.1. The molecule has 57 heavy (non-hydrogen) atoms. The summed E-state index contributed by atoms with van der Waals surface area (Å²) in [5.74, 6) is 0.124.